The molecule has 0 fully saturated rings. The molecule has 0 radical (unpaired) electrons. The van der Waals surface area contributed by atoms with Gasteiger partial charge in [0.2, 0.25) is 11.5 Å². The number of halogens is 3. The van der Waals surface area contributed by atoms with Crippen LogP contribution >= 0.6 is 23.2 Å². The van der Waals surface area contributed by atoms with Crippen molar-refractivity contribution in [2.75, 3.05) is 25.4 Å². The van der Waals surface area contributed by atoms with Crippen LogP contribution in [0.5, 0.6) is 11.5 Å². The normalized spacial score (nSPS) is 10.4. The Kier molecular flexibility index (Phi) is 10.5. The summed E-state index contributed by atoms with van der Waals surface area (Å²) in [6, 6.07) is 11.0. The summed E-state index contributed by atoms with van der Waals surface area (Å²) in [5.41, 5.74) is 7.29. The Balaban J connectivity index is 0.00000385. The molecule has 1 amide bonds. The van der Waals surface area contributed by atoms with Gasteiger partial charge in [0.15, 0.2) is 11.5 Å². The van der Waals surface area contributed by atoms with Gasteiger partial charge < -0.3 is 38.2 Å². The molecular formula is C21H23Cl3N5O4-. The van der Waals surface area contributed by atoms with Gasteiger partial charge in [0, 0.05) is 35.2 Å². The molecule has 0 aliphatic heterocycles. The molecule has 0 saturated carbocycles. The third-order valence-electron chi connectivity index (χ3n) is 4.35. The minimum atomic E-state index is -0.438. The molecule has 0 aliphatic rings. The van der Waals surface area contributed by atoms with E-state index in [9.17, 15) is 4.79 Å². The number of carbonyl (C=O) groups is 1. The van der Waals surface area contributed by atoms with Crippen LogP contribution in [0.3, 0.4) is 0 Å². The van der Waals surface area contributed by atoms with Gasteiger partial charge in [0.1, 0.15) is 6.61 Å². The van der Waals surface area contributed by atoms with Crippen molar-refractivity contribution in [2.24, 2.45) is 0 Å². The predicted octanol–water partition coefficient (Wildman–Crippen LogP) is 0.460. The first-order valence-electron chi connectivity index (χ1n) is 9.87. The molecule has 4 N–H and O–H groups in total. The monoisotopic (exact) mass is 514 g/mol. The van der Waals surface area contributed by atoms with Gasteiger partial charge in [-0.3, -0.25) is 4.79 Å². The van der Waals surface area contributed by atoms with E-state index in [1.54, 1.807) is 12.1 Å². The molecule has 12 heteroatoms. The fourth-order valence-corrected chi connectivity index (χ4v) is 3.24. The van der Waals surface area contributed by atoms with Gasteiger partial charge in [-0.05, 0) is 47.1 Å². The molecule has 2 aromatic carbocycles. The molecule has 0 spiro atoms. The minimum Gasteiger partial charge on any atom is -1.00 e. The first-order chi connectivity index (χ1) is 15.5. The number of amides is 1. The number of hydrogen-bond donors (Lipinski definition) is 3. The number of nitrogens with one attached hydrogen (secondary N) is 2. The summed E-state index contributed by atoms with van der Waals surface area (Å²) >= 11 is 12.2. The maximum absolute atomic E-state index is 11.9. The maximum atomic E-state index is 11.9. The summed E-state index contributed by atoms with van der Waals surface area (Å²) in [7, 11) is 0. The SMILES string of the molecule is CCOc1cc(CNCCNC(=O)c2nonc2N)ccc1OCc1ccc(Cl)cc1Cl.[Cl-]. The number of rotatable bonds is 11. The number of anilines is 1. The van der Waals surface area contributed by atoms with Crippen LogP contribution in [0.2, 0.25) is 10.0 Å². The lowest BCUT2D eigenvalue weighted by Crippen LogP contribution is -3.00. The fraction of sp³-hybridized carbons (Fsp3) is 0.286. The first kappa shape index (κ1) is 26.5. The lowest BCUT2D eigenvalue weighted by molar-refractivity contribution is -0.0000160. The molecule has 3 aromatic rings. The number of ether oxygens (including phenoxy) is 2. The Morgan fingerprint density at radius 2 is 1.91 bits per heavy atom. The third-order valence-corrected chi connectivity index (χ3v) is 4.94. The highest BCUT2D eigenvalue weighted by molar-refractivity contribution is 6.35. The van der Waals surface area contributed by atoms with Crippen LogP contribution in [0.4, 0.5) is 5.82 Å². The highest BCUT2D eigenvalue weighted by Crippen LogP contribution is 2.30. The standard InChI is InChI=1S/C21H23Cl2N5O4.ClH/c1-2-30-18-9-13(11-25-7-8-26-21(29)19-20(24)28-32-27-19)3-6-17(18)31-12-14-4-5-15(22)10-16(14)23;/h3-6,9-10,25H,2,7-8,11-12H2,1H3,(H2,24,28)(H,26,29);1H/p-1. The molecule has 1 heterocycles. The maximum Gasteiger partial charge on any atom is 0.277 e. The number of carbonyl (C=O) groups excluding carboxylic acids is 1. The number of nitrogens with zero attached hydrogens (tertiary/aromatic N) is 2. The molecule has 0 atom stereocenters. The quantitative estimate of drug-likeness (QED) is 0.315. The Morgan fingerprint density at radius 3 is 2.61 bits per heavy atom. The van der Waals surface area contributed by atoms with Crippen LogP contribution in [-0.2, 0) is 13.2 Å². The predicted molar refractivity (Wildman–Crippen MR) is 121 cm³/mol. The number of hydrogen-bond acceptors (Lipinski definition) is 8. The van der Waals surface area contributed by atoms with Crippen molar-refractivity contribution >= 4 is 34.9 Å². The Labute approximate surface area is 207 Å². The van der Waals surface area contributed by atoms with Crippen molar-refractivity contribution < 1.29 is 31.3 Å². The van der Waals surface area contributed by atoms with E-state index in [0.29, 0.717) is 54.4 Å². The van der Waals surface area contributed by atoms with E-state index in [0.717, 1.165) is 11.1 Å². The second-order valence-electron chi connectivity index (χ2n) is 6.67. The van der Waals surface area contributed by atoms with Crippen molar-refractivity contribution in [3.05, 3.63) is 63.3 Å². The zero-order valence-corrected chi connectivity index (χ0v) is 20.0. The van der Waals surface area contributed by atoms with Gasteiger partial charge in [0.05, 0.1) is 6.61 Å². The summed E-state index contributed by atoms with van der Waals surface area (Å²) in [4.78, 5) is 11.9. The van der Waals surface area contributed by atoms with Gasteiger partial charge in [-0.1, -0.05) is 35.3 Å². The molecule has 178 valence electrons. The Morgan fingerprint density at radius 1 is 1.09 bits per heavy atom. The number of benzene rings is 2. The van der Waals surface area contributed by atoms with Crippen molar-refractivity contribution in [2.45, 2.75) is 20.1 Å². The summed E-state index contributed by atoms with van der Waals surface area (Å²) in [5.74, 6) is 0.776. The second kappa shape index (κ2) is 13.1. The zero-order valence-electron chi connectivity index (χ0n) is 17.7. The highest BCUT2D eigenvalue weighted by Gasteiger charge is 2.15. The van der Waals surface area contributed by atoms with E-state index in [-0.39, 0.29) is 23.9 Å². The minimum absolute atomic E-state index is 0. The van der Waals surface area contributed by atoms with Gasteiger partial charge >= 0.3 is 0 Å². The summed E-state index contributed by atoms with van der Waals surface area (Å²) in [5, 5.41) is 13.9. The number of aromatic nitrogens is 2. The van der Waals surface area contributed by atoms with Crippen LogP contribution < -0.4 is 38.2 Å². The van der Waals surface area contributed by atoms with Crippen LogP contribution in [-0.4, -0.2) is 35.9 Å². The third kappa shape index (κ3) is 7.68. The summed E-state index contributed by atoms with van der Waals surface area (Å²) in [6.45, 7) is 4.19. The summed E-state index contributed by atoms with van der Waals surface area (Å²) in [6.07, 6.45) is 0. The molecule has 0 aliphatic carbocycles. The van der Waals surface area contributed by atoms with Crippen LogP contribution in [0.15, 0.2) is 41.0 Å². The van der Waals surface area contributed by atoms with E-state index in [1.807, 2.05) is 31.2 Å². The summed E-state index contributed by atoms with van der Waals surface area (Å²) < 4.78 is 16.1. The Hall–Kier alpha value is -2.72. The smallest absolute Gasteiger partial charge is 0.277 e. The molecule has 0 bridgehead atoms. The van der Waals surface area contributed by atoms with Crippen LogP contribution in [0, 0.1) is 0 Å². The van der Waals surface area contributed by atoms with E-state index in [1.165, 1.54) is 0 Å². The molecule has 33 heavy (non-hydrogen) atoms. The molecular weight excluding hydrogens is 493 g/mol. The topological polar surface area (TPSA) is 125 Å². The average molecular weight is 516 g/mol. The molecule has 0 unspecified atom stereocenters. The second-order valence-corrected chi connectivity index (χ2v) is 7.51. The van der Waals surface area contributed by atoms with E-state index >= 15 is 0 Å². The van der Waals surface area contributed by atoms with E-state index in [2.05, 4.69) is 25.6 Å². The molecule has 0 saturated heterocycles. The van der Waals surface area contributed by atoms with Crippen LogP contribution in [0.25, 0.3) is 0 Å². The number of nitrogen functional groups attached to an aromatic ring is 1. The van der Waals surface area contributed by atoms with Gasteiger partial charge in [-0.15, -0.1) is 0 Å². The molecule has 9 nitrogen and oxygen atoms in total. The fourth-order valence-electron chi connectivity index (χ4n) is 2.78. The first-order valence-corrected chi connectivity index (χ1v) is 10.6. The van der Waals surface area contributed by atoms with Crippen molar-refractivity contribution in [1.82, 2.24) is 20.9 Å². The van der Waals surface area contributed by atoms with Crippen molar-refractivity contribution in [3.8, 4) is 11.5 Å². The van der Waals surface area contributed by atoms with Gasteiger partial charge in [0.25, 0.3) is 5.91 Å². The van der Waals surface area contributed by atoms with Gasteiger partial charge in [-0.2, -0.15) is 0 Å². The highest BCUT2D eigenvalue weighted by atomic mass is 35.5. The van der Waals surface area contributed by atoms with Crippen molar-refractivity contribution in [3.63, 3.8) is 0 Å². The molecule has 3 rings (SSSR count). The lowest BCUT2D eigenvalue weighted by atomic mass is 10.2. The number of nitrogens with two attached hydrogens (primary N) is 1. The Bertz CT molecular complexity index is 1060. The van der Waals surface area contributed by atoms with Gasteiger partial charge in [-0.25, -0.2) is 4.63 Å². The lowest BCUT2D eigenvalue weighted by Gasteiger charge is -2.14. The molecule has 1 aromatic heterocycles. The van der Waals surface area contributed by atoms with Crippen LogP contribution in [0.1, 0.15) is 28.5 Å². The van der Waals surface area contributed by atoms with E-state index < -0.39 is 5.91 Å². The zero-order chi connectivity index (χ0) is 22.9. The van der Waals surface area contributed by atoms with Crippen molar-refractivity contribution in [1.29, 1.82) is 0 Å². The van der Waals surface area contributed by atoms with E-state index in [4.69, 9.17) is 38.4 Å². The largest absolute Gasteiger partial charge is 1.00 e. The average Bonchev–Trinajstić information content (AvgIpc) is 3.20.